The number of hydrogen-bond donors (Lipinski definition) is 3. The van der Waals surface area contributed by atoms with Gasteiger partial charge in [0.15, 0.2) is 0 Å². The minimum Gasteiger partial charge on any atom is -0.399 e. The fraction of sp³-hybridized carbons (Fsp3) is 0.100. The molecule has 0 aliphatic rings. The number of aryl methyl sites for hydroxylation is 1. The van der Waals surface area contributed by atoms with Gasteiger partial charge in [-0.3, -0.25) is 0 Å². The van der Waals surface area contributed by atoms with Crippen molar-refractivity contribution in [2.24, 2.45) is 11.5 Å². The third kappa shape index (κ3) is 2.84. The van der Waals surface area contributed by atoms with Crippen molar-refractivity contribution < 1.29 is 0 Å². The maximum Gasteiger partial charge on any atom is 0.117 e. The second-order valence-electron chi connectivity index (χ2n) is 5.85. The Bertz CT molecular complexity index is 823. The monoisotopic (exact) mass is 303 g/mol. The molecule has 116 valence electrons. The average Bonchev–Trinajstić information content (AvgIpc) is 2.58. The first kappa shape index (κ1) is 15.3. The normalized spacial score (nSPS) is 11.4. The van der Waals surface area contributed by atoms with Gasteiger partial charge < -0.3 is 17.2 Å². The summed E-state index contributed by atoms with van der Waals surface area (Å²) in [4.78, 5) is 0. The molecule has 0 saturated carbocycles. The summed E-state index contributed by atoms with van der Waals surface area (Å²) >= 11 is 0. The zero-order chi connectivity index (χ0) is 16.4. The maximum atomic E-state index is 6.52. The number of anilines is 1. The van der Waals surface area contributed by atoms with E-state index in [9.17, 15) is 0 Å². The van der Waals surface area contributed by atoms with E-state index in [2.05, 4.69) is 6.07 Å². The topological polar surface area (TPSA) is 78.1 Å². The van der Waals surface area contributed by atoms with Gasteiger partial charge in [-0.1, -0.05) is 60.7 Å². The molecule has 0 amide bonds. The van der Waals surface area contributed by atoms with Crippen LogP contribution in [0.15, 0.2) is 72.8 Å². The molecule has 0 heterocycles. The van der Waals surface area contributed by atoms with Crippen molar-refractivity contribution in [3.63, 3.8) is 0 Å². The van der Waals surface area contributed by atoms with Gasteiger partial charge in [-0.2, -0.15) is 0 Å². The summed E-state index contributed by atoms with van der Waals surface area (Å²) in [5, 5.41) is 0. The van der Waals surface area contributed by atoms with Gasteiger partial charge in [0.2, 0.25) is 0 Å². The smallest absolute Gasteiger partial charge is 0.117 e. The van der Waals surface area contributed by atoms with Gasteiger partial charge in [0.1, 0.15) is 5.66 Å². The van der Waals surface area contributed by atoms with Crippen LogP contribution in [0.4, 0.5) is 5.69 Å². The molecule has 3 nitrogen and oxygen atoms in total. The lowest BCUT2D eigenvalue weighted by atomic mass is 9.86. The second kappa shape index (κ2) is 5.88. The molecule has 3 aromatic carbocycles. The Hall–Kier alpha value is -2.62. The zero-order valence-corrected chi connectivity index (χ0v) is 13.2. The first-order valence-corrected chi connectivity index (χ1v) is 7.59. The van der Waals surface area contributed by atoms with E-state index in [1.807, 2.05) is 73.7 Å². The summed E-state index contributed by atoms with van der Waals surface area (Å²) in [6.45, 7) is 2.00. The molecular formula is C20H21N3. The molecular weight excluding hydrogens is 282 g/mol. The molecule has 0 spiro atoms. The highest BCUT2D eigenvalue weighted by Gasteiger charge is 2.27. The van der Waals surface area contributed by atoms with Crippen molar-refractivity contribution in [2.75, 3.05) is 5.73 Å². The third-order valence-corrected chi connectivity index (χ3v) is 4.21. The lowest BCUT2D eigenvalue weighted by Gasteiger charge is -2.28. The molecule has 3 aromatic rings. The van der Waals surface area contributed by atoms with Crippen LogP contribution < -0.4 is 17.2 Å². The van der Waals surface area contributed by atoms with Gasteiger partial charge in [0.25, 0.3) is 0 Å². The highest BCUT2D eigenvalue weighted by molar-refractivity contribution is 5.72. The van der Waals surface area contributed by atoms with Gasteiger partial charge in [-0.15, -0.1) is 0 Å². The number of nitrogen functional groups attached to an aromatic ring is 1. The Labute approximate surface area is 136 Å². The van der Waals surface area contributed by atoms with Crippen LogP contribution in [-0.4, -0.2) is 0 Å². The Morgan fingerprint density at radius 3 is 2.13 bits per heavy atom. The van der Waals surface area contributed by atoms with Crippen LogP contribution in [0.3, 0.4) is 0 Å². The lowest BCUT2D eigenvalue weighted by Crippen LogP contribution is -2.47. The van der Waals surface area contributed by atoms with E-state index in [4.69, 9.17) is 17.2 Å². The van der Waals surface area contributed by atoms with Crippen LogP contribution in [0.1, 0.15) is 16.7 Å². The Kier molecular flexibility index (Phi) is 3.90. The molecule has 0 aliphatic heterocycles. The number of hydrogen-bond acceptors (Lipinski definition) is 3. The summed E-state index contributed by atoms with van der Waals surface area (Å²) in [7, 11) is 0. The van der Waals surface area contributed by atoms with Gasteiger partial charge in [-0.25, -0.2) is 0 Å². The van der Waals surface area contributed by atoms with Crippen LogP contribution in [0.25, 0.3) is 11.1 Å². The number of rotatable bonds is 3. The molecule has 0 aromatic heterocycles. The van der Waals surface area contributed by atoms with Crippen LogP contribution in [-0.2, 0) is 5.66 Å². The SMILES string of the molecule is Cc1cc(-c2ccccc2C(N)(N)c2ccccc2)ccc1N. The Balaban J connectivity index is 2.16. The highest BCUT2D eigenvalue weighted by Crippen LogP contribution is 2.32. The maximum absolute atomic E-state index is 6.52. The Morgan fingerprint density at radius 2 is 1.43 bits per heavy atom. The van der Waals surface area contributed by atoms with E-state index < -0.39 is 5.66 Å². The minimum absolute atomic E-state index is 0.779. The van der Waals surface area contributed by atoms with Crippen molar-refractivity contribution in [3.8, 4) is 11.1 Å². The molecule has 3 heteroatoms. The first-order valence-electron chi connectivity index (χ1n) is 7.59. The van der Waals surface area contributed by atoms with Gasteiger partial charge in [0, 0.05) is 5.69 Å². The van der Waals surface area contributed by atoms with Crippen LogP contribution in [0.5, 0.6) is 0 Å². The molecule has 23 heavy (non-hydrogen) atoms. The summed E-state index contributed by atoms with van der Waals surface area (Å²) in [5.41, 5.74) is 23.6. The zero-order valence-electron chi connectivity index (χ0n) is 13.2. The van der Waals surface area contributed by atoms with Crippen molar-refractivity contribution in [1.29, 1.82) is 0 Å². The van der Waals surface area contributed by atoms with E-state index in [1.165, 1.54) is 0 Å². The van der Waals surface area contributed by atoms with Crippen molar-refractivity contribution in [2.45, 2.75) is 12.6 Å². The molecule has 0 aliphatic carbocycles. The molecule has 0 radical (unpaired) electrons. The quantitative estimate of drug-likeness (QED) is 0.513. The van der Waals surface area contributed by atoms with Gasteiger partial charge >= 0.3 is 0 Å². The largest absolute Gasteiger partial charge is 0.399 e. The van der Waals surface area contributed by atoms with Crippen molar-refractivity contribution >= 4 is 5.69 Å². The second-order valence-corrected chi connectivity index (χ2v) is 5.85. The van der Waals surface area contributed by atoms with E-state index in [1.54, 1.807) is 0 Å². The standard InChI is InChI=1S/C20H21N3/c1-14-13-15(11-12-19(14)21)17-9-5-6-10-18(17)20(22,23)16-7-3-2-4-8-16/h2-13H,21-23H2,1H3. The average molecular weight is 303 g/mol. The number of benzene rings is 3. The summed E-state index contributed by atoms with van der Waals surface area (Å²) < 4.78 is 0. The third-order valence-electron chi connectivity index (χ3n) is 4.21. The van der Waals surface area contributed by atoms with Gasteiger partial charge in [-0.05, 0) is 46.9 Å². The van der Waals surface area contributed by atoms with Crippen LogP contribution >= 0.6 is 0 Å². The molecule has 0 fully saturated rings. The minimum atomic E-state index is -1.06. The number of nitrogens with two attached hydrogens (primary N) is 3. The van der Waals surface area contributed by atoms with Crippen LogP contribution in [0.2, 0.25) is 0 Å². The lowest BCUT2D eigenvalue weighted by molar-refractivity contribution is 0.569. The molecule has 6 N–H and O–H groups in total. The van der Waals surface area contributed by atoms with Gasteiger partial charge in [0.05, 0.1) is 0 Å². The summed E-state index contributed by atoms with van der Waals surface area (Å²) in [6, 6.07) is 23.7. The highest BCUT2D eigenvalue weighted by atomic mass is 15.0. The molecule has 0 unspecified atom stereocenters. The van der Waals surface area contributed by atoms with E-state index in [-0.39, 0.29) is 0 Å². The molecule has 0 saturated heterocycles. The summed E-state index contributed by atoms with van der Waals surface area (Å²) in [5.74, 6) is 0. The predicted molar refractivity (Wildman–Crippen MR) is 96.6 cm³/mol. The van der Waals surface area contributed by atoms with Crippen molar-refractivity contribution in [1.82, 2.24) is 0 Å². The predicted octanol–water partition coefficient (Wildman–Crippen LogP) is 3.36. The fourth-order valence-corrected chi connectivity index (χ4v) is 2.81. The Morgan fingerprint density at radius 1 is 0.783 bits per heavy atom. The molecule has 3 rings (SSSR count). The molecule has 0 atom stereocenters. The molecule has 0 bridgehead atoms. The van der Waals surface area contributed by atoms with Crippen LogP contribution in [0, 0.1) is 6.92 Å². The van der Waals surface area contributed by atoms with E-state index in [0.29, 0.717) is 0 Å². The van der Waals surface area contributed by atoms with E-state index >= 15 is 0 Å². The first-order chi connectivity index (χ1) is 11.0. The van der Waals surface area contributed by atoms with Crippen molar-refractivity contribution in [3.05, 3.63) is 89.5 Å². The van der Waals surface area contributed by atoms with E-state index in [0.717, 1.165) is 33.5 Å². The fourth-order valence-electron chi connectivity index (χ4n) is 2.81. The summed E-state index contributed by atoms with van der Waals surface area (Å²) in [6.07, 6.45) is 0.